The van der Waals surface area contributed by atoms with Gasteiger partial charge in [0.2, 0.25) is 10.0 Å². The third kappa shape index (κ3) is 7.06. The number of amides is 1. The summed E-state index contributed by atoms with van der Waals surface area (Å²) >= 11 is 0. The number of benzene rings is 2. The predicted octanol–water partition coefficient (Wildman–Crippen LogP) is 6.44. The first-order chi connectivity index (χ1) is 21.3. The number of sulfonamides is 1. The lowest BCUT2D eigenvalue weighted by Crippen LogP contribution is -2.18. The summed E-state index contributed by atoms with van der Waals surface area (Å²) in [5.74, 6) is -0.163. The van der Waals surface area contributed by atoms with Crippen molar-refractivity contribution in [2.24, 2.45) is 0 Å². The molecule has 0 saturated heterocycles. The van der Waals surface area contributed by atoms with Gasteiger partial charge >= 0.3 is 0 Å². The van der Waals surface area contributed by atoms with Gasteiger partial charge in [-0.3, -0.25) is 14.2 Å². The highest BCUT2D eigenvalue weighted by Crippen LogP contribution is 2.39. The Morgan fingerprint density at radius 3 is 2.44 bits per heavy atom. The molecule has 11 nitrogen and oxygen atoms in total. The van der Waals surface area contributed by atoms with E-state index in [0.717, 1.165) is 53.6 Å². The second kappa shape index (κ2) is 12.7. The number of ether oxygens (including phenoxy) is 1. The van der Waals surface area contributed by atoms with E-state index in [4.69, 9.17) is 9.84 Å². The molecule has 5 rings (SSSR count). The molecule has 2 aromatic heterocycles. The molecule has 0 bridgehead atoms. The average Bonchev–Trinajstić information content (AvgIpc) is 3.64. The molecule has 1 saturated carbocycles. The summed E-state index contributed by atoms with van der Waals surface area (Å²) in [6.45, 7) is 10.1. The van der Waals surface area contributed by atoms with Crippen molar-refractivity contribution >= 4 is 27.3 Å². The molecule has 2 N–H and O–H groups in total. The molecule has 0 unspecified atom stereocenters. The highest BCUT2D eigenvalue weighted by atomic mass is 32.2. The van der Waals surface area contributed by atoms with Crippen LogP contribution in [0.25, 0.3) is 16.9 Å². The van der Waals surface area contributed by atoms with E-state index in [9.17, 15) is 13.2 Å². The zero-order valence-electron chi connectivity index (χ0n) is 27.1. The summed E-state index contributed by atoms with van der Waals surface area (Å²) in [7, 11) is -2.17. The number of hydrogen-bond donors (Lipinski definition) is 2. The van der Waals surface area contributed by atoms with E-state index in [2.05, 4.69) is 32.0 Å². The summed E-state index contributed by atoms with van der Waals surface area (Å²) in [6, 6.07) is 9.34. The SMILES string of the molecule is CCc1c(-c2cn(-c3cc(C(=O)Nc4cc(C(C)(C)C)cc(NS(C)(=O)=O)c4OC)ccc3C)nn2)cnn1C1CCCCC1. The highest BCUT2D eigenvalue weighted by Gasteiger charge is 2.24. The molecule has 0 radical (unpaired) electrons. The van der Waals surface area contributed by atoms with Crippen LogP contribution >= 0.6 is 0 Å². The Kier molecular flexibility index (Phi) is 9.06. The third-order valence-electron chi connectivity index (χ3n) is 8.34. The molecule has 12 heteroatoms. The van der Waals surface area contributed by atoms with Crippen LogP contribution in [-0.4, -0.2) is 52.5 Å². The Labute approximate surface area is 265 Å². The van der Waals surface area contributed by atoms with Crippen molar-refractivity contribution in [3.8, 4) is 22.7 Å². The summed E-state index contributed by atoms with van der Waals surface area (Å²) in [6.07, 6.45) is 11.7. The van der Waals surface area contributed by atoms with Crippen LogP contribution in [0.15, 0.2) is 42.7 Å². The summed E-state index contributed by atoms with van der Waals surface area (Å²) in [4.78, 5) is 13.6. The summed E-state index contributed by atoms with van der Waals surface area (Å²) in [5.41, 5.74) is 6.01. The lowest BCUT2D eigenvalue weighted by Gasteiger charge is -2.24. The minimum atomic E-state index is -3.60. The van der Waals surface area contributed by atoms with Gasteiger partial charge in [-0.2, -0.15) is 5.10 Å². The first-order valence-corrected chi connectivity index (χ1v) is 17.3. The van der Waals surface area contributed by atoms with E-state index in [1.165, 1.54) is 26.4 Å². The van der Waals surface area contributed by atoms with E-state index in [0.29, 0.717) is 23.0 Å². The second-order valence-corrected chi connectivity index (χ2v) is 14.6. The Morgan fingerprint density at radius 2 is 1.80 bits per heavy atom. The Morgan fingerprint density at radius 1 is 1.09 bits per heavy atom. The Balaban J connectivity index is 1.46. The van der Waals surface area contributed by atoms with Crippen molar-refractivity contribution in [3.63, 3.8) is 0 Å². The minimum Gasteiger partial charge on any atom is -0.492 e. The molecule has 2 aromatic carbocycles. The molecule has 1 fully saturated rings. The van der Waals surface area contributed by atoms with Gasteiger partial charge in [-0.25, -0.2) is 13.1 Å². The van der Waals surface area contributed by atoms with E-state index >= 15 is 0 Å². The fourth-order valence-corrected chi connectivity index (χ4v) is 6.49. The van der Waals surface area contributed by atoms with Crippen LogP contribution in [0, 0.1) is 6.92 Å². The maximum Gasteiger partial charge on any atom is 0.255 e. The van der Waals surface area contributed by atoms with Crippen LogP contribution in [0.4, 0.5) is 11.4 Å². The molecular weight excluding hydrogens is 590 g/mol. The molecule has 4 aromatic rings. The number of anilines is 2. The third-order valence-corrected chi connectivity index (χ3v) is 8.93. The van der Waals surface area contributed by atoms with Gasteiger partial charge < -0.3 is 10.1 Å². The van der Waals surface area contributed by atoms with Gasteiger partial charge in [-0.1, -0.05) is 58.2 Å². The van der Waals surface area contributed by atoms with E-state index < -0.39 is 10.0 Å². The largest absolute Gasteiger partial charge is 0.492 e. The number of nitrogens with zero attached hydrogens (tertiary/aromatic N) is 5. The Bertz CT molecular complexity index is 1810. The van der Waals surface area contributed by atoms with Crippen molar-refractivity contribution < 1.29 is 17.9 Å². The number of aryl methyl sites for hydroxylation is 1. The molecule has 0 atom stereocenters. The predicted molar refractivity (Wildman–Crippen MR) is 177 cm³/mol. The lowest BCUT2D eigenvalue weighted by atomic mass is 9.86. The molecule has 1 aliphatic carbocycles. The lowest BCUT2D eigenvalue weighted by molar-refractivity contribution is 0.102. The number of nitrogens with one attached hydrogen (secondary N) is 2. The minimum absolute atomic E-state index is 0.218. The highest BCUT2D eigenvalue weighted by molar-refractivity contribution is 7.92. The van der Waals surface area contributed by atoms with Gasteiger partial charge in [0.05, 0.1) is 48.9 Å². The maximum absolute atomic E-state index is 13.6. The number of methoxy groups -OCH3 is 1. The fourth-order valence-electron chi connectivity index (χ4n) is 5.94. The second-order valence-electron chi connectivity index (χ2n) is 12.8. The molecule has 2 heterocycles. The van der Waals surface area contributed by atoms with Crippen LogP contribution < -0.4 is 14.8 Å². The number of rotatable bonds is 9. The van der Waals surface area contributed by atoms with Crippen LogP contribution in [0.5, 0.6) is 5.75 Å². The van der Waals surface area contributed by atoms with Crippen molar-refractivity contribution in [3.05, 3.63) is 65.1 Å². The number of hydrogen-bond acceptors (Lipinski definition) is 7. The zero-order valence-corrected chi connectivity index (χ0v) is 28.0. The van der Waals surface area contributed by atoms with Gasteiger partial charge in [0.15, 0.2) is 5.75 Å². The van der Waals surface area contributed by atoms with Gasteiger partial charge in [-0.05, 0) is 67.0 Å². The number of carbonyl (C=O) groups is 1. The first kappa shape index (κ1) is 32.2. The van der Waals surface area contributed by atoms with Crippen molar-refractivity contribution in [1.82, 2.24) is 24.8 Å². The summed E-state index contributed by atoms with van der Waals surface area (Å²) < 4.78 is 36.2. The van der Waals surface area contributed by atoms with E-state index in [1.54, 1.807) is 22.9 Å². The number of aromatic nitrogens is 5. The van der Waals surface area contributed by atoms with Crippen molar-refractivity contribution in [2.75, 3.05) is 23.4 Å². The molecule has 240 valence electrons. The van der Waals surface area contributed by atoms with Crippen molar-refractivity contribution in [1.29, 1.82) is 0 Å². The first-order valence-electron chi connectivity index (χ1n) is 15.4. The molecule has 0 spiro atoms. The normalized spacial score (nSPS) is 14.4. The van der Waals surface area contributed by atoms with Gasteiger partial charge in [0, 0.05) is 16.8 Å². The smallest absolute Gasteiger partial charge is 0.255 e. The summed E-state index contributed by atoms with van der Waals surface area (Å²) in [5, 5.41) is 16.6. The van der Waals surface area contributed by atoms with E-state index in [1.807, 2.05) is 52.2 Å². The Hall–Kier alpha value is -4.19. The standard InChI is InChI=1S/C33H43N7O4S/c1-8-29-25(19-34-40(29)24-12-10-9-11-13-24)28-20-39(38-36-28)30-16-22(15-14-21(30)2)32(41)35-26-17-23(33(3,4)5)18-27(31(26)44-6)37-45(7,42)43/h14-20,24,37H,8-13H2,1-7H3,(H,35,41). The van der Waals surface area contributed by atoms with Gasteiger partial charge in [0.1, 0.15) is 5.69 Å². The molecule has 0 aliphatic heterocycles. The van der Waals surface area contributed by atoms with Crippen LogP contribution in [0.3, 0.4) is 0 Å². The maximum atomic E-state index is 13.6. The number of carbonyl (C=O) groups excluding carboxylic acids is 1. The topological polar surface area (TPSA) is 133 Å². The molecular formula is C33H43N7O4S. The van der Waals surface area contributed by atoms with Crippen LogP contribution in [0.1, 0.15) is 93.0 Å². The van der Waals surface area contributed by atoms with Gasteiger partial charge in [0.25, 0.3) is 5.91 Å². The molecule has 1 amide bonds. The zero-order chi connectivity index (χ0) is 32.5. The van der Waals surface area contributed by atoms with Crippen LogP contribution in [0.2, 0.25) is 0 Å². The molecule has 1 aliphatic rings. The monoisotopic (exact) mass is 633 g/mol. The quantitative estimate of drug-likeness (QED) is 0.217. The van der Waals surface area contributed by atoms with E-state index in [-0.39, 0.29) is 22.8 Å². The van der Waals surface area contributed by atoms with Gasteiger partial charge in [-0.15, -0.1) is 5.10 Å². The van der Waals surface area contributed by atoms with Crippen molar-refractivity contribution in [2.45, 2.75) is 84.6 Å². The fraction of sp³-hybridized carbons (Fsp3) is 0.455. The molecule has 45 heavy (non-hydrogen) atoms. The average molecular weight is 634 g/mol. The van der Waals surface area contributed by atoms with Crippen LogP contribution in [-0.2, 0) is 21.9 Å².